The second-order valence-corrected chi connectivity index (χ2v) is 4.39. The summed E-state index contributed by atoms with van der Waals surface area (Å²) < 4.78 is 0. The fourth-order valence-electron chi connectivity index (χ4n) is 1.46. The summed E-state index contributed by atoms with van der Waals surface area (Å²) in [6, 6.07) is 0.443. The van der Waals surface area contributed by atoms with E-state index in [-0.39, 0.29) is 17.4 Å². The standard InChI is InChI=1S/C12H16N2O4/c1-6(2)10(12(17)18)14-11(16)9-4-8(5-13-9)7(3)15/h4-6,10,13H,1-3H3,(H,14,16)(H,17,18)/t10-/m1/s1. The van der Waals surface area contributed by atoms with Crippen molar-refractivity contribution in [1.82, 2.24) is 10.3 Å². The lowest BCUT2D eigenvalue weighted by molar-refractivity contribution is -0.140. The number of hydrogen-bond acceptors (Lipinski definition) is 3. The van der Waals surface area contributed by atoms with Gasteiger partial charge in [0, 0.05) is 11.8 Å². The number of carbonyl (C=O) groups is 3. The molecule has 1 aromatic heterocycles. The van der Waals surface area contributed by atoms with Crippen LogP contribution >= 0.6 is 0 Å². The summed E-state index contributed by atoms with van der Waals surface area (Å²) in [6.45, 7) is 4.79. The molecule has 18 heavy (non-hydrogen) atoms. The number of carbonyl (C=O) groups excluding carboxylic acids is 2. The summed E-state index contributed by atoms with van der Waals surface area (Å²) in [4.78, 5) is 36.4. The molecule has 1 heterocycles. The van der Waals surface area contributed by atoms with Crippen molar-refractivity contribution < 1.29 is 19.5 Å². The molecule has 0 fully saturated rings. The van der Waals surface area contributed by atoms with Gasteiger partial charge in [-0.25, -0.2) is 4.79 Å². The number of Topliss-reactive ketones (excluding diaryl/α,β-unsaturated/α-hetero) is 1. The first-order valence-corrected chi connectivity index (χ1v) is 5.56. The quantitative estimate of drug-likeness (QED) is 0.682. The number of hydrogen-bond donors (Lipinski definition) is 3. The Morgan fingerprint density at radius 3 is 2.33 bits per heavy atom. The van der Waals surface area contributed by atoms with Crippen molar-refractivity contribution >= 4 is 17.7 Å². The molecule has 3 N–H and O–H groups in total. The van der Waals surface area contributed by atoms with Crippen LogP contribution in [0.25, 0.3) is 0 Å². The van der Waals surface area contributed by atoms with Crippen LogP contribution in [-0.4, -0.2) is 33.8 Å². The van der Waals surface area contributed by atoms with Crippen molar-refractivity contribution in [2.24, 2.45) is 5.92 Å². The molecule has 0 unspecified atom stereocenters. The number of aliphatic carboxylic acids is 1. The smallest absolute Gasteiger partial charge is 0.326 e. The molecule has 6 heteroatoms. The molecule has 0 aromatic carbocycles. The van der Waals surface area contributed by atoms with E-state index in [4.69, 9.17) is 5.11 Å². The van der Waals surface area contributed by atoms with Gasteiger partial charge in [0.05, 0.1) is 0 Å². The van der Waals surface area contributed by atoms with Gasteiger partial charge in [-0.2, -0.15) is 0 Å². The summed E-state index contributed by atoms with van der Waals surface area (Å²) in [5, 5.41) is 11.4. The van der Waals surface area contributed by atoms with Gasteiger partial charge in [0.25, 0.3) is 5.91 Å². The Balaban J connectivity index is 2.80. The summed E-state index contributed by atoms with van der Waals surface area (Å²) >= 11 is 0. The predicted octanol–water partition coefficient (Wildman–Crippen LogP) is 1.06. The van der Waals surface area contributed by atoms with Crippen molar-refractivity contribution in [3.63, 3.8) is 0 Å². The number of nitrogens with one attached hydrogen (secondary N) is 2. The fourth-order valence-corrected chi connectivity index (χ4v) is 1.46. The number of carboxylic acid groups (broad SMARTS) is 1. The number of rotatable bonds is 5. The molecule has 0 saturated carbocycles. The van der Waals surface area contributed by atoms with E-state index in [0.717, 1.165) is 0 Å². The highest BCUT2D eigenvalue weighted by Gasteiger charge is 2.24. The molecular formula is C12H16N2O4. The van der Waals surface area contributed by atoms with Crippen LogP contribution in [0.3, 0.4) is 0 Å². The maximum Gasteiger partial charge on any atom is 0.326 e. The molecule has 0 radical (unpaired) electrons. The van der Waals surface area contributed by atoms with Crippen LogP contribution in [0.2, 0.25) is 0 Å². The molecule has 0 aliphatic carbocycles. The van der Waals surface area contributed by atoms with E-state index in [1.54, 1.807) is 13.8 Å². The van der Waals surface area contributed by atoms with E-state index in [1.807, 2.05) is 0 Å². The van der Waals surface area contributed by atoms with Crippen molar-refractivity contribution in [3.05, 3.63) is 23.5 Å². The molecule has 6 nitrogen and oxygen atoms in total. The Kier molecular flexibility index (Phi) is 4.25. The van der Waals surface area contributed by atoms with Crippen LogP contribution in [0.5, 0.6) is 0 Å². The normalized spacial score (nSPS) is 12.2. The highest BCUT2D eigenvalue weighted by atomic mass is 16.4. The monoisotopic (exact) mass is 252 g/mol. The van der Waals surface area contributed by atoms with Gasteiger partial charge in [-0.15, -0.1) is 0 Å². The van der Waals surface area contributed by atoms with Gasteiger partial charge >= 0.3 is 5.97 Å². The molecular weight excluding hydrogens is 236 g/mol. The number of amides is 1. The summed E-state index contributed by atoms with van der Waals surface area (Å²) in [7, 11) is 0. The first-order chi connectivity index (χ1) is 8.32. The van der Waals surface area contributed by atoms with Crippen LogP contribution < -0.4 is 5.32 Å². The van der Waals surface area contributed by atoms with Crippen LogP contribution in [0.15, 0.2) is 12.3 Å². The SMILES string of the molecule is CC(=O)c1c[nH]c(C(=O)N[C@@H](C(=O)O)C(C)C)c1. The van der Waals surface area contributed by atoms with Crippen LogP contribution in [0.4, 0.5) is 0 Å². The Morgan fingerprint density at radius 1 is 1.33 bits per heavy atom. The van der Waals surface area contributed by atoms with E-state index in [0.29, 0.717) is 5.56 Å². The molecule has 1 aromatic rings. The fraction of sp³-hybridized carbons (Fsp3) is 0.417. The average Bonchev–Trinajstić information content (AvgIpc) is 2.73. The number of ketones is 1. The van der Waals surface area contributed by atoms with E-state index < -0.39 is 17.9 Å². The van der Waals surface area contributed by atoms with Crippen molar-refractivity contribution in [3.8, 4) is 0 Å². The Hall–Kier alpha value is -2.11. The van der Waals surface area contributed by atoms with Gasteiger partial charge in [0.1, 0.15) is 11.7 Å². The third kappa shape index (κ3) is 3.19. The van der Waals surface area contributed by atoms with Crippen LogP contribution in [0.1, 0.15) is 41.6 Å². The van der Waals surface area contributed by atoms with Gasteiger partial charge in [0.15, 0.2) is 5.78 Å². The molecule has 0 saturated heterocycles. The minimum absolute atomic E-state index is 0.163. The third-order valence-corrected chi connectivity index (χ3v) is 2.55. The van der Waals surface area contributed by atoms with E-state index in [9.17, 15) is 14.4 Å². The maximum atomic E-state index is 11.8. The Labute approximate surface area is 104 Å². The average molecular weight is 252 g/mol. The zero-order valence-electron chi connectivity index (χ0n) is 10.5. The molecule has 0 aliphatic heterocycles. The first kappa shape index (κ1) is 14.0. The van der Waals surface area contributed by atoms with E-state index in [1.165, 1.54) is 19.2 Å². The van der Waals surface area contributed by atoms with Gasteiger partial charge in [-0.3, -0.25) is 9.59 Å². The summed E-state index contributed by atoms with van der Waals surface area (Å²) in [5.41, 5.74) is 0.559. The van der Waals surface area contributed by atoms with Crippen molar-refractivity contribution in [2.75, 3.05) is 0 Å². The second kappa shape index (κ2) is 5.48. The van der Waals surface area contributed by atoms with Gasteiger partial charge < -0.3 is 15.4 Å². The zero-order valence-corrected chi connectivity index (χ0v) is 10.5. The Morgan fingerprint density at radius 2 is 1.94 bits per heavy atom. The van der Waals surface area contributed by atoms with Gasteiger partial charge in [0.2, 0.25) is 0 Å². The lowest BCUT2D eigenvalue weighted by atomic mass is 10.0. The first-order valence-electron chi connectivity index (χ1n) is 5.56. The number of carboxylic acids is 1. The highest BCUT2D eigenvalue weighted by molar-refractivity contribution is 6.00. The lowest BCUT2D eigenvalue weighted by Gasteiger charge is -2.17. The lowest BCUT2D eigenvalue weighted by Crippen LogP contribution is -2.44. The minimum Gasteiger partial charge on any atom is -0.480 e. The molecule has 1 amide bonds. The predicted molar refractivity (Wildman–Crippen MR) is 64.5 cm³/mol. The molecule has 0 spiro atoms. The van der Waals surface area contributed by atoms with Gasteiger partial charge in [-0.05, 0) is 18.9 Å². The third-order valence-electron chi connectivity index (χ3n) is 2.55. The molecule has 1 atom stereocenters. The van der Waals surface area contributed by atoms with Crippen molar-refractivity contribution in [1.29, 1.82) is 0 Å². The van der Waals surface area contributed by atoms with Crippen LogP contribution in [0, 0.1) is 5.92 Å². The van der Waals surface area contributed by atoms with Gasteiger partial charge in [-0.1, -0.05) is 13.8 Å². The molecule has 0 aliphatic rings. The largest absolute Gasteiger partial charge is 0.480 e. The minimum atomic E-state index is -1.09. The number of aromatic amines is 1. The highest BCUT2D eigenvalue weighted by Crippen LogP contribution is 2.07. The van der Waals surface area contributed by atoms with E-state index >= 15 is 0 Å². The maximum absolute atomic E-state index is 11.8. The number of H-pyrrole nitrogens is 1. The van der Waals surface area contributed by atoms with Crippen LogP contribution in [-0.2, 0) is 4.79 Å². The van der Waals surface area contributed by atoms with Crippen molar-refractivity contribution in [2.45, 2.75) is 26.8 Å². The summed E-state index contributed by atoms with van der Waals surface area (Å²) in [5.74, 6) is -2.02. The molecule has 98 valence electrons. The molecule has 0 bridgehead atoms. The molecule has 1 rings (SSSR count). The van der Waals surface area contributed by atoms with E-state index in [2.05, 4.69) is 10.3 Å². The topological polar surface area (TPSA) is 99.3 Å². The second-order valence-electron chi connectivity index (χ2n) is 4.39. The number of aromatic nitrogens is 1. The zero-order chi connectivity index (χ0) is 13.9. The Bertz CT molecular complexity index is 476. The summed E-state index contributed by atoms with van der Waals surface area (Å²) in [6.07, 6.45) is 1.42.